The highest BCUT2D eigenvalue weighted by atomic mass is 127. The number of benzene rings is 1. The fourth-order valence-electron chi connectivity index (χ4n) is 1.18. The van der Waals surface area contributed by atoms with Crippen molar-refractivity contribution < 1.29 is 9.72 Å². The van der Waals surface area contributed by atoms with Crippen LogP contribution in [0.5, 0.6) is 0 Å². The van der Waals surface area contributed by atoms with Crippen LogP contribution < -0.4 is 0 Å². The summed E-state index contributed by atoms with van der Waals surface area (Å²) in [6.07, 6.45) is 0. The van der Waals surface area contributed by atoms with Crippen molar-refractivity contribution in [2.24, 2.45) is 0 Å². The maximum absolute atomic E-state index is 11.4. The molecule has 0 aliphatic carbocycles. The monoisotopic (exact) mass is 383 g/mol. The Morgan fingerprint density at radius 1 is 1.60 bits per heavy atom. The molecule has 0 unspecified atom stereocenters. The third-order valence-electron chi connectivity index (χ3n) is 1.91. The highest BCUT2D eigenvalue weighted by molar-refractivity contribution is 14.1. The van der Waals surface area contributed by atoms with E-state index in [9.17, 15) is 14.9 Å². The predicted molar refractivity (Wildman–Crippen MR) is 68.7 cm³/mol. The molecule has 0 fully saturated rings. The van der Waals surface area contributed by atoms with Gasteiger partial charge in [-0.25, -0.2) is 0 Å². The molecule has 0 bridgehead atoms. The van der Waals surface area contributed by atoms with Crippen molar-refractivity contribution in [3.05, 3.63) is 36.9 Å². The minimum atomic E-state index is -0.447. The Hall–Kier alpha value is -0.500. The summed E-state index contributed by atoms with van der Waals surface area (Å²) >= 11 is 4.93. The molecular weight excluding hydrogens is 377 g/mol. The first-order valence-electron chi connectivity index (χ1n) is 4.01. The number of nitro benzene ring substituents is 1. The minimum absolute atomic E-state index is 0.0409. The van der Waals surface area contributed by atoms with E-state index in [1.165, 1.54) is 6.07 Å². The molecule has 0 amide bonds. The van der Waals surface area contributed by atoms with Gasteiger partial charge in [-0.2, -0.15) is 0 Å². The molecule has 0 N–H and O–H groups in total. The normalized spacial score (nSPS) is 10.1. The Morgan fingerprint density at radius 3 is 2.67 bits per heavy atom. The number of hydrogen-bond donors (Lipinski definition) is 0. The summed E-state index contributed by atoms with van der Waals surface area (Å²) in [4.78, 5) is 21.6. The van der Waals surface area contributed by atoms with E-state index in [0.717, 1.165) is 0 Å². The second-order valence-electron chi connectivity index (χ2n) is 2.93. The van der Waals surface area contributed by atoms with Gasteiger partial charge >= 0.3 is 0 Å². The number of halogens is 2. The van der Waals surface area contributed by atoms with Gasteiger partial charge in [0.1, 0.15) is 0 Å². The first kappa shape index (κ1) is 12.6. The van der Waals surface area contributed by atoms with Crippen molar-refractivity contribution in [3.63, 3.8) is 0 Å². The standard InChI is InChI=1S/C9H7BrINO3/c1-5-2-8(12(14)15)7(11)3-6(5)9(13)4-10/h2-3H,4H2,1H3. The largest absolute Gasteiger partial charge is 0.293 e. The van der Waals surface area contributed by atoms with Crippen LogP contribution in [0.25, 0.3) is 0 Å². The molecule has 0 atom stereocenters. The average Bonchev–Trinajstić information content (AvgIpc) is 2.19. The summed E-state index contributed by atoms with van der Waals surface area (Å²) < 4.78 is 0.479. The number of nitro groups is 1. The molecule has 15 heavy (non-hydrogen) atoms. The lowest BCUT2D eigenvalue weighted by molar-refractivity contribution is -0.385. The van der Waals surface area contributed by atoms with Gasteiger partial charge in [0.25, 0.3) is 5.69 Å². The molecule has 0 aromatic heterocycles. The molecule has 0 spiro atoms. The van der Waals surface area contributed by atoms with Crippen molar-refractivity contribution in [1.82, 2.24) is 0 Å². The second-order valence-corrected chi connectivity index (χ2v) is 4.66. The van der Waals surface area contributed by atoms with Gasteiger partial charge in [0.05, 0.1) is 13.8 Å². The minimum Gasteiger partial charge on any atom is -0.293 e. The first-order chi connectivity index (χ1) is 6.97. The number of Topliss-reactive ketones (excluding diaryl/α,β-unsaturated/α-hetero) is 1. The molecule has 0 aliphatic heterocycles. The topological polar surface area (TPSA) is 60.2 Å². The lowest BCUT2D eigenvalue weighted by Gasteiger charge is -2.04. The highest BCUT2D eigenvalue weighted by Crippen LogP contribution is 2.25. The molecule has 1 aromatic carbocycles. The van der Waals surface area contributed by atoms with Crippen LogP contribution in [0, 0.1) is 20.6 Å². The Labute approximate surface area is 108 Å². The summed E-state index contributed by atoms with van der Waals surface area (Å²) in [5.74, 6) is -0.0692. The van der Waals surface area contributed by atoms with Crippen LogP contribution in [-0.4, -0.2) is 16.0 Å². The van der Waals surface area contributed by atoms with Crippen molar-refractivity contribution in [2.75, 3.05) is 5.33 Å². The Kier molecular flexibility index (Phi) is 4.21. The summed E-state index contributed by atoms with van der Waals surface area (Å²) in [7, 11) is 0. The fraction of sp³-hybridized carbons (Fsp3) is 0.222. The molecule has 4 nitrogen and oxygen atoms in total. The smallest absolute Gasteiger partial charge is 0.282 e. The second kappa shape index (κ2) is 5.02. The van der Waals surface area contributed by atoms with E-state index in [0.29, 0.717) is 14.7 Å². The van der Waals surface area contributed by atoms with Crippen LogP contribution in [-0.2, 0) is 0 Å². The first-order valence-corrected chi connectivity index (χ1v) is 6.21. The number of nitrogens with zero attached hydrogens (tertiary/aromatic N) is 1. The molecule has 80 valence electrons. The van der Waals surface area contributed by atoms with Gasteiger partial charge in [-0.1, -0.05) is 15.9 Å². The number of rotatable bonds is 3. The summed E-state index contributed by atoms with van der Waals surface area (Å²) in [6, 6.07) is 2.98. The fourth-order valence-corrected chi connectivity index (χ4v) is 2.14. The molecule has 0 radical (unpaired) electrons. The van der Waals surface area contributed by atoms with Crippen molar-refractivity contribution in [3.8, 4) is 0 Å². The lowest BCUT2D eigenvalue weighted by atomic mass is 10.1. The molecule has 0 aliphatic rings. The maximum Gasteiger partial charge on any atom is 0.282 e. The Bertz CT molecular complexity index is 434. The van der Waals surface area contributed by atoms with Gasteiger partial charge in [0.15, 0.2) is 5.78 Å². The van der Waals surface area contributed by atoms with Crippen LogP contribution in [0.15, 0.2) is 12.1 Å². The third-order valence-corrected chi connectivity index (χ3v) is 3.29. The summed E-state index contributed by atoms with van der Waals surface area (Å²) in [5.41, 5.74) is 1.20. The van der Waals surface area contributed by atoms with E-state index in [4.69, 9.17) is 0 Å². The van der Waals surface area contributed by atoms with Crippen LogP contribution in [0.4, 0.5) is 5.69 Å². The molecule has 0 saturated heterocycles. The highest BCUT2D eigenvalue weighted by Gasteiger charge is 2.17. The van der Waals surface area contributed by atoms with Crippen molar-refractivity contribution >= 4 is 50.0 Å². The summed E-state index contributed by atoms with van der Waals surface area (Å²) in [6.45, 7) is 1.69. The third kappa shape index (κ3) is 2.75. The number of aryl methyl sites for hydroxylation is 1. The quantitative estimate of drug-likeness (QED) is 0.265. The van der Waals surface area contributed by atoms with Gasteiger partial charge in [0.2, 0.25) is 0 Å². The number of ketones is 1. The number of carbonyl (C=O) groups excluding carboxylic acids is 1. The maximum atomic E-state index is 11.4. The van der Waals surface area contributed by atoms with Gasteiger partial charge in [0, 0.05) is 11.6 Å². The Morgan fingerprint density at radius 2 is 2.20 bits per heavy atom. The zero-order valence-electron chi connectivity index (χ0n) is 7.79. The average molecular weight is 384 g/mol. The van der Waals surface area contributed by atoms with Gasteiger partial charge < -0.3 is 0 Å². The molecule has 0 heterocycles. The molecule has 1 rings (SSSR count). The predicted octanol–water partition coefficient (Wildman–Crippen LogP) is 3.09. The van der Waals surface area contributed by atoms with E-state index in [-0.39, 0.29) is 16.8 Å². The van der Waals surface area contributed by atoms with E-state index in [1.807, 2.05) is 22.6 Å². The van der Waals surface area contributed by atoms with Gasteiger partial charge in [-0.3, -0.25) is 14.9 Å². The van der Waals surface area contributed by atoms with E-state index >= 15 is 0 Å². The molecule has 6 heteroatoms. The molecule has 1 aromatic rings. The lowest BCUT2D eigenvalue weighted by Crippen LogP contribution is -2.04. The number of hydrogen-bond acceptors (Lipinski definition) is 3. The van der Waals surface area contributed by atoms with Crippen LogP contribution >= 0.6 is 38.5 Å². The number of alkyl halides is 1. The van der Waals surface area contributed by atoms with Crippen LogP contribution in [0.3, 0.4) is 0 Å². The van der Waals surface area contributed by atoms with E-state index < -0.39 is 4.92 Å². The zero-order chi connectivity index (χ0) is 11.6. The van der Waals surface area contributed by atoms with Gasteiger partial charge in [-0.05, 0) is 41.1 Å². The molecule has 0 saturated carbocycles. The Balaban J connectivity index is 3.31. The van der Waals surface area contributed by atoms with Gasteiger partial charge in [-0.15, -0.1) is 0 Å². The molecular formula is C9H7BrINO3. The van der Waals surface area contributed by atoms with Crippen LogP contribution in [0.1, 0.15) is 15.9 Å². The van der Waals surface area contributed by atoms with E-state index in [2.05, 4.69) is 15.9 Å². The van der Waals surface area contributed by atoms with Crippen LogP contribution in [0.2, 0.25) is 0 Å². The SMILES string of the molecule is Cc1cc([N+](=O)[O-])c(I)cc1C(=O)CBr. The van der Waals surface area contributed by atoms with E-state index in [1.54, 1.807) is 13.0 Å². The zero-order valence-corrected chi connectivity index (χ0v) is 11.5. The van der Waals surface area contributed by atoms with Crippen molar-refractivity contribution in [1.29, 1.82) is 0 Å². The van der Waals surface area contributed by atoms with Crippen molar-refractivity contribution in [2.45, 2.75) is 6.92 Å². The number of carbonyl (C=O) groups is 1. The summed E-state index contributed by atoms with van der Waals surface area (Å²) in [5, 5.41) is 10.9.